The van der Waals surface area contributed by atoms with Crippen molar-refractivity contribution in [3.63, 3.8) is 0 Å². The summed E-state index contributed by atoms with van der Waals surface area (Å²) in [6.45, 7) is 15.1. The number of pyridine rings is 2. The van der Waals surface area contributed by atoms with Crippen molar-refractivity contribution in [3.8, 4) is 11.1 Å². The first kappa shape index (κ1) is 25.2. The van der Waals surface area contributed by atoms with Crippen LogP contribution in [-0.4, -0.2) is 75.2 Å². The first-order chi connectivity index (χ1) is 16.8. The molecule has 2 fully saturated rings. The number of hydrogen-bond acceptors (Lipinski definition) is 7. The topological polar surface area (TPSA) is 91.9 Å². The van der Waals surface area contributed by atoms with Crippen molar-refractivity contribution in [1.29, 1.82) is 0 Å². The Balaban J connectivity index is 1.59. The lowest BCUT2D eigenvalue weighted by atomic mass is 9.92. The summed E-state index contributed by atoms with van der Waals surface area (Å²) in [7, 11) is 0. The van der Waals surface area contributed by atoms with Gasteiger partial charge in [0, 0.05) is 44.0 Å². The standard InChI is InChI=1S/C26H38N6O3/c1-19-22(17-21(18-28-19)29-25(33)27-6-5-26(2,3)4)20-15-23(31-7-11-34-12-8-31)30-24(16-20)32-9-13-35-14-10-32/h15-18H,5-14H2,1-4H3,(H2,27,29,33). The molecule has 9 nitrogen and oxygen atoms in total. The highest BCUT2D eigenvalue weighted by Gasteiger charge is 2.20. The van der Waals surface area contributed by atoms with Crippen LogP contribution in [0.2, 0.25) is 0 Å². The number of urea groups is 1. The van der Waals surface area contributed by atoms with Gasteiger partial charge < -0.3 is 29.9 Å². The van der Waals surface area contributed by atoms with Crippen molar-refractivity contribution < 1.29 is 14.3 Å². The minimum absolute atomic E-state index is 0.170. The van der Waals surface area contributed by atoms with Crippen molar-refractivity contribution >= 4 is 23.4 Å². The number of anilines is 3. The summed E-state index contributed by atoms with van der Waals surface area (Å²) >= 11 is 0. The van der Waals surface area contributed by atoms with Crippen LogP contribution in [0.4, 0.5) is 22.1 Å². The average molecular weight is 483 g/mol. The van der Waals surface area contributed by atoms with Gasteiger partial charge >= 0.3 is 6.03 Å². The van der Waals surface area contributed by atoms with E-state index in [9.17, 15) is 4.79 Å². The molecule has 2 aromatic rings. The van der Waals surface area contributed by atoms with E-state index in [1.165, 1.54) is 0 Å². The molecule has 2 saturated heterocycles. The Morgan fingerprint density at radius 3 is 2.09 bits per heavy atom. The number of nitrogens with zero attached hydrogens (tertiary/aromatic N) is 4. The average Bonchev–Trinajstić information content (AvgIpc) is 2.85. The van der Waals surface area contributed by atoms with Gasteiger partial charge in [0.1, 0.15) is 11.6 Å². The molecule has 0 unspecified atom stereocenters. The van der Waals surface area contributed by atoms with Crippen LogP contribution >= 0.6 is 0 Å². The number of carbonyl (C=O) groups is 1. The molecule has 0 radical (unpaired) electrons. The fourth-order valence-electron chi connectivity index (χ4n) is 4.19. The highest BCUT2D eigenvalue weighted by Crippen LogP contribution is 2.32. The zero-order chi connectivity index (χ0) is 24.8. The fourth-order valence-corrected chi connectivity index (χ4v) is 4.19. The van der Waals surface area contributed by atoms with E-state index in [1.807, 2.05) is 13.0 Å². The van der Waals surface area contributed by atoms with Crippen molar-refractivity contribution in [2.24, 2.45) is 5.41 Å². The number of amides is 2. The van der Waals surface area contributed by atoms with Gasteiger partial charge in [0.15, 0.2) is 0 Å². The van der Waals surface area contributed by atoms with Crippen LogP contribution in [0.25, 0.3) is 11.1 Å². The molecule has 4 heterocycles. The van der Waals surface area contributed by atoms with Crippen LogP contribution in [0.1, 0.15) is 32.9 Å². The Morgan fingerprint density at radius 1 is 0.971 bits per heavy atom. The highest BCUT2D eigenvalue weighted by molar-refractivity contribution is 5.90. The van der Waals surface area contributed by atoms with E-state index in [-0.39, 0.29) is 11.4 Å². The van der Waals surface area contributed by atoms with Gasteiger partial charge in [-0.2, -0.15) is 0 Å². The highest BCUT2D eigenvalue weighted by atomic mass is 16.5. The minimum Gasteiger partial charge on any atom is -0.378 e. The number of nitrogens with one attached hydrogen (secondary N) is 2. The Bertz CT molecular complexity index is 974. The zero-order valence-electron chi connectivity index (χ0n) is 21.4. The lowest BCUT2D eigenvalue weighted by Gasteiger charge is -2.32. The SMILES string of the molecule is Cc1ncc(NC(=O)NCCC(C)(C)C)cc1-c1cc(N2CCOCC2)nc(N2CCOCC2)c1. The number of rotatable bonds is 6. The molecule has 0 saturated carbocycles. The number of carbonyl (C=O) groups excluding carboxylic acids is 1. The Morgan fingerprint density at radius 2 is 1.54 bits per heavy atom. The first-order valence-corrected chi connectivity index (χ1v) is 12.5. The number of aryl methyl sites for hydroxylation is 1. The van der Waals surface area contributed by atoms with Crippen LogP contribution in [0.15, 0.2) is 24.4 Å². The van der Waals surface area contributed by atoms with Gasteiger partial charge in [-0.15, -0.1) is 0 Å². The summed E-state index contributed by atoms with van der Waals surface area (Å²) in [6.07, 6.45) is 2.61. The molecule has 35 heavy (non-hydrogen) atoms. The number of morpholine rings is 2. The molecule has 190 valence electrons. The molecule has 0 aliphatic carbocycles. The lowest BCUT2D eigenvalue weighted by molar-refractivity contribution is 0.121. The second kappa shape index (κ2) is 11.2. The summed E-state index contributed by atoms with van der Waals surface area (Å²) < 4.78 is 11.1. The number of ether oxygens (including phenoxy) is 2. The van der Waals surface area contributed by atoms with Gasteiger partial charge in [-0.3, -0.25) is 4.98 Å². The van der Waals surface area contributed by atoms with E-state index >= 15 is 0 Å². The van der Waals surface area contributed by atoms with Crippen LogP contribution in [0, 0.1) is 12.3 Å². The van der Waals surface area contributed by atoms with E-state index in [0.29, 0.717) is 38.7 Å². The summed E-state index contributed by atoms with van der Waals surface area (Å²) in [6, 6.07) is 6.01. The Labute approximate surface area is 208 Å². The molecule has 0 aromatic carbocycles. The molecule has 2 aliphatic rings. The van der Waals surface area contributed by atoms with Gasteiger partial charge in [0.25, 0.3) is 0 Å². The second-order valence-corrected chi connectivity index (χ2v) is 10.3. The van der Waals surface area contributed by atoms with E-state index in [0.717, 1.165) is 61.1 Å². The van der Waals surface area contributed by atoms with Crippen LogP contribution in [0.5, 0.6) is 0 Å². The molecular formula is C26H38N6O3. The fraction of sp³-hybridized carbons (Fsp3) is 0.577. The Hall–Kier alpha value is -2.91. The summed E-state index contributed by atoms with van der Waals surface area (Å²) in [5, 5.41) is 5.88. The van der Waals surface area contributed by atoms with Crippen molar-refractivity contribution in [1.82, 2.24) is 15.3 Å². The van der Waals surface area contributed by atoms with Gasteiger partial charge in [0.2, 0.25) is 0 Å². The van der Waals surface area contributed by atoms with E-state index < -0.39 is 0 Å². The molecule has 9 heteroatoms. The second-order valence-electron chi connectivity index (χ2n) is 10.3. The summed E-state index contributed by atoms with van der Waals surface area (Å²) in [5.74, 6) is 1.87. The normalized spacial score (nSPS) is 16.8. The maximum atomic E-state index is 12.5. The van der Waals surface area contributed by atoms with Gasteiger partial charge in [-0.25, -0.2) is 9.78 Å². The lowest BCUT2D eigenvalue weighted by Crippen LogP contribution is -2.39. The monoisotopic (exact) mass is 482 g/mol. The van der Waals surface area contributed by atoms with Gasteiger partial charge in [-0.05, 0) is 42.5 Å². The molecule has 0 bridgehead atoms. The zero-order valence-corrected chi connectivity index (χ0v) is 21.4. The molecule has 4 rings (SSSR count). The predicted molar refractivity (Wildman–Crippen MR) is 139 cm³/mol. The third-order valence-electron chi connectivity index (χ3n) is 6.28. The molecule has 2 aliphatic heterocycles. The van der Waals surface area contributed by atoms with Crippen LogP contribution in [-0.2, 0) is 9.47 Å². The van der Waals surface area contributed by atoms with Gasteiger partial charge in [-0.1, -0.05) is 20.8 Å². The molecule has 2 aromatic heterocycles. The minimum atomic E-state index is -0.219. The number of aromatic nitrogens is 2. The molecular weight excluding hydrogens is 444 g/mol. The molecule has 0 spiro atoms. The first-order valence-electron chi connectivity index (χ1n) is 12.5. The molecule has 0 atom stereocenters. The third kappa shape index (κ3) is 7.05. The maximum absolute atomic E-state index is 12.5. The van der Waals surface area contributed by atoms with Crippen LogP contribution < -0.4 is 20.4 Å². The summed E-state index contributed by atoms with van der Waals surface area (Å²) in [4.78, 5) is 26.6. The summed E-state index contributed by atoms with van der Waals surface area (Å²) in [5.41, 5.74) is 3.74. The van der Waals surface area contributed by atoms with E-state index in [4.69, 9.17) is 14.5 Å². The Kier molecular flexibility index (Phi) is 8.07. The van der Waals surface area contributed by atoms with E-state index in [2.05, 4.69) is 58.3 Å². The van der Waals surface area contributed by atoms with Crippen molar-refractivity contribution in [3.05, 3.63) is 30.1 Å². The van der Waals surface area contributed by atoms with Crippen LogP contribution in [0.3, 0.4) is 0 Å². The maximum Gasteiger partial charge on any atom is 0.319 e. The molecule has 2 N–H and O–H groups in total. The largest absolute Gasteiger partial charge is 0.378 e. The quantitative estimate of drug-likeness (QED) is 0.649. The smallest absolute Gasteiger partial charge is 0.319 e. The molecule has 2 amide bonds. The van der Waals surface area contributed by atoms with Crippen molar-refractivity contribution in [2.45, 2.75) is 34.1 Å². The van der Waals surface area contributed by atoms with Crippen molar-refractivity contribution in [2.75, 3.05) is 74.3 Å². The van der Waals surface area contributed by atoms with E-state index in [1.54, 1.807) is 6.20 Å². The number of hydrogen-bond donors (Lipinski definition) is 2. The van der Waals surface area contributed by atoms with Gasteiger partial charge in [0.05, 0.1) is 38.3 Å². The predicted octanol–water partition coefficient (Wildman–Crippen LogP) is 3.68. The third-order valence-corrected chi connectivity index (χ3v) is 6.28.